The van der Waals surface area contributed by atoms with Gasteiger partial charge in [0.1, 0.15) is 0 Å². The molecule has 0 amide bonds. The van der Waals surface area contributed by atoms with E-state index in [1.807, 2.05) is 13.8 Å². The van der Waals surface area contributed by atoms with E-state index in [-0.39, 0.29) is 0 Å². The van der Waals surface area contributed by atoms with Gasteiger partial charge in [-0.25, -0.2) is 0 Å². The molecule has 2 heterocycles. The quantitative estimate of drug-likeness (QED) is 0.529. The molecule has 28 heavy (non-hydrogen) atoms. The molecule has 2 heteroatoms. The van der Waals surface area contributed by atoms with Gasteiger partial charge in [0.25, 0.3) is 0 Å². The number of fused-ring (bicyclic) bond motifs is 2. The Morgan fingerprint density at radius 2 is 0.786 bits per heavy atom. The Morgan fingerprint density at radius 3 is 0.964 bits per heavy atom. The van der Waals surface area contributed by atoms with Crippen LogP contribution < -0.4 is 0 Å². The van der Waals surface area contributed by atoms with Crippen LogP contribution in [0.1, 0.15) is 67.2 Å². The van der Waals surface area contributed by atoms with Crippen LogP contribution in [0.15, 0.2) is 49.1 Å². The average molecular weight is 383 g/mol. The monoisotopic (exact) mass is 382 g/mol. The highest BCUT2D eigenvalue weighted by atomic mass is 15.2. The van der Waals surface area contributed by atoms with Crippen LogP contribution in [0.5, 0.6) is 0 Å². The van der Waals surface area contributed by atoms with Crippen molar-refractivity contribution in [3.63, 3.8) is 0 Å². The smallest absolute Gasteiger partial charge is 0.0279 e. The van der Waals surface area contributed by atoms with E-state index in [1.54, 1.807) is 0 Å². The van der Waals surface area contributed by atoms with Gasteiger partial charge in [-0.3, -0.25) is 0 Å². The van der Waals surface area contributed by atoms with Crippen LogP contribution in [0.4, 0.5) is 0 Å². The van der Waals surface area contributed by atoms with Gasteiger partial charge in [-0.1, -0.05) is 40.2 Å². The summed E-state index contributed by atoms with van der Waals surface area (Å²) in [5.74, 6) is 4.18. The molecular formula is C26H42N2. The van der Waals surface area contributed by atoms with Crippen LogP contribution in [0.2, 0.25) is 0 Å². The molecule has 0 aromatic carbocycles. The molecule has 0 bridgehead atoms. The van der Waals surface area contributed by atoms with Crippen LogP contribution in [0.25, 0.3) is 0 Å². The largest absolute Gasteiger partial charge is 0.347 e. The lowest BCUT2D eigenvalue weighted by Gasteiger charge is -2.31. The molecule has 0 radical (unpaired) electrons. The molecule has 4 aliphatic rings. The van der Waals surface area contributed by atoms with Gasteiger partial charge >= 0.3 is 0 Å². The van der Waals surface area contributed by atoms with Crippen LogP contribution in [-0.4, -0.2) is 21.9 Å². The zero-order valence-corrected chi connectivity index (χ0v) is 19.2. The molecule has 4 rings (SSSR count). The predicted molar refractivity (Wildman–Crippen MR) is 121 cm³/mol. The Kier molecular flexibility index (Phi) is 5.90. The van der Waals surface area contributed by atoms with Crippen molar-refractivity contribution in [3.8, 4) is 0 Å². The van der Waals surface area contributed by atoms with Crippen molar-refractivity contribution < 1.29 is 0 Å². The van der Waals surface area contributed by atoms with Gasteiger partial charge in [-0.05, 0) is 65.2 Å². The van der Waals surface area contributed by atoms with Crippen LogP contribution >= 0.6 is 0 Å². The lowest BCUT2D eigenvalue weighted by atomic mass is 9.86. The van der Waals surface area contributed by atoms with E-state index in [2.05, 4.69) is 63.8 Å². The second-order valence-electron chi connectivity index (χ2n) is 9.78. The highest BCUT2D eigenvalue weighted by molar-refractivity contribution is 5.30. The molecule has 4 fully saturated rings. The Bertz CT molecular complexity index is 564. The standard InChI is InChI=1S/C24H36N2.C2H6/c1-13(2)25-15(5)21-9-19(10-22(21)16(25)6)20-11-23-17(7)26(14(3)4)18(8)24(23)12-20;1-2/h13-14,19-24H,5-12H2,1-4H3;1-2H3. The van der Waals surface area contributed by atoms with Crippen molar-refractivity contribution in [2.24, 2.45) is 35.5 Å². The Balaban J connectivity index is 0.00000109. The molecule has 4 unspecified atom stereocenters. The van der Waals surface area contributed by atoms with Crippen molar-refractivity contribution in [2.45, 2.75) is 79.3 Å². The molecule has 2 aliphatic heterocycles. The molecule has 0 spiro atoms. The summed E-state index contributed by atoms with van der Waals surface area (Å²) >= 11 is 0. The number of allylic oxidation sites excluding steroid dienone is 4. The van der Waals surface area contributed by atoms with Crippen LogP contribution in [0, 0.1) is 35.5 Å². The number of hydrogen-bond acceptors (Lipinski definition) is 2. The summed E-state index contributed by atoms with van der Waals surface area (Å²) in [7, 11) is 0. The van der Waals surface area contributed by atoms with Crippen molar-refractivity contribution in [1.29, 1.82) is 0 Å². The maximum atomic E-state index is 4.45. The highest BCUT2D eigenvalue weighted by Gasteiger charge is 2.52. The van der Waals surface area contributed by atoms with Crippen molar-refractivity contribution >= 4 is 0 Å². The third-order valence-corrected chi connectivity index (χ3v) is 7.85. The van der Waals surface area contributed by atoms with Crippen molar-refractivity contribution in [3.05, 3.63) is 49.1 Å². The molecule has 156 valence electrons. The number of likely N-dealkylation sites (tertiary alicyclic amines) is 2. The maximum Gasteiger partial charge on any atom is 0.0279 e. The molecule has 4 atom stereocenters. The molecule has 0 N–H and O–H groups in total. The van der Waals surface area contributed by atoms with Gasteiger partial charge in [-0.2, -0.15) is 0 Å². The SMILES string of the molecule is C=C1C2CC(C3CC4C(=C)N(C(C)C)C(=C)C4C3)CC2C(=C)N1C(C)C.CC. The maximum absolute atomic E-state index is 4.45. The topological polar surface area (TPSA) is 6.48 Å². The second kappa shape index (κ2) is 7.76. The third kappa shape index (κ3) is 3.08. The Hall–Kier alpha value is -1.44. The zero-order valence-electron chi connectivity index (χ0n) is 19.2. The van der Waals surface area contributed by atoms with Gasteiger partial charge in [0.2, 0.25) is 0 Å². The molecule has 2 aliphatic carbocycles. The molecule has 2 nitrogen and oxygen atoms in total. The Labute approximate surface area is 174 Å². The minimum atomic E-state index is 0.485. The van der Waals surface area contributed by atoms with E-state index in [9.17, 15) is 0 Å². The minimum Gasteiger partial charge on any atom is -0.347 e. The fourth-order valence-corrected chi connectivity index (χ4v) is 6.81. The van der Waals surface area contributed by atoms with Crippen molar-refractivity contribution in [2.75, 3.05) is 0 Å². The van der Waals surface area contributed by atoms with Gasteiger partial charge < -0.3 is 9.80 Å². The molecule has 0 aromatic rings. The van der Waals surface area contributed by atoms with Crippen LogP contribution in [0.3, 0.4) is 0 Å². The second-order valence-corrected chi connectivity index (χ2v) is 9.78. The van der Waals surface area contributed by atoms with E-state index in [0.717, 1.165) is 11.8 Å². The molecule has 0 aromatic heterocycles. The fourth-order valence-electron chi connectivity index (χ4n) is 6.81. The van der Waals surface area contributed by atoms with E-state index in [0.29, 0.717) is 35.8 Å². The Morgan fingerprint density at radius 1 is 0.571 bits per heavy atom. The number of hydrogen-bond donors (Lipinski definition) is 0. The summed E-state index contributed by atoms with van der Waals surface area (Å²) in [5.41, 5.74) is 5.32. The lowest BCUT2D eigenvalue weighted by molar-refractivity contribution is 0.280. The lowest BCUT2D eigenvalue weighted by Crippen LogP contribution is -2.27. The summed E-state index contributed by atoms with van der Waals surface area (Å²) in [6.07, 6.45) is 5.23. The first kappa shape index (κ1) is 21.3. The van der Waals surface area contributed by atoms with Gasteiger partial charge in [0, 0.05) is 58.5 Å². The number of nitrogens with zero attached hydrogens (tertiary/aromatic N) is 2. The average Bonchev–Trinajstić information content (AvgIpc) is 3.34. The normalized spacial score (nSPS) is 37.1. The predicted octanol–water partition coefficient (Wildman–Crippen LogP) is 6.80. The van der Waals surface area contributed by atoms with E-state index >= 15 is 0 Å². The van der Waals surface area contributed by atoms with Gasteiger partial charge in [0.05, 0.1) is 0 Å². The summed E-state index contributed by atoms with van der Waals surface area (Å²) in [5, 5.41) is 0. The third-order valence-electron chi connectivity index (χ3n) is 7.85. The van der Waals surface area contributed by atoms with Crippen LogP contribution in [-0.2, 0) is 0 Å². The first-order valence-electron chi connectivity index (χ1n) is 11.6. The van der Waals surface area contributed by atoms with Gasteiger partial charge in [0.15, 0.2) is 0 Å². The van der Waals surface area contributed by atoms with E-state index < -0.39 is 0 Å². The summed E-state index contributed by atoms with van der Waals surface area (Å²) in [4.78, 5) is 4.80. The fraction of sp³-hybridized carbons (Fsp3) is 0.692. The zero-order chi connectivity index (χ0) is 20.9. The van der Waals surface area contributed by atoms with E-state index in [4.69, 9.17) is 0 Å². The molecular weight excluding hydrogens is 340 g/mol. The highest BCUT2D eigenvalue weighted by Crippen LogP contribution is 2.60. The summed E-state index contributed by atoms with van der Waals surface area (Å²) in [6, 6.07) is 0.970. The van der Waals surface area contributed by atoms with Gasteiger partial charge in [-0.15, -0.1) is 0 Å². The van der Waals surface area contributed by atoms with E-state index in [1.165, 1.54) is 48.5 Å². The molecule has 2 saturated heterocycles. The minimum absolute atomic E-state index is 0.485. The first-order chi connectivity index (χ1) is 13.2. The number of rotatable bonds is 3. The first-order valence-corrected chi connectivity index (χ1v) is 11.6. The van der Waals surface area contributed by atoms with Crippen molar-refractivity contribution in [1.82, 2.24) is 9.80 Å². The molecule has 2 saturated carbocycles. The summed E-state index contributed by atoms with van der Waals surface area (Å²) in [6.45, 7) is 30.8. The summed E-state index contributed by atoms with van der Waals surface area (Å²) < 4.78 is 0.